The zero-order valence-electron chi connectivity index (χ0n) is 11.8. The molecule has 0 radical (unpaired) electrons. The van der Waals surface area contributed by atoms with Crippen LogP contribution in [0.2, 0.25) is 0 Å². The van der Waals surface area contributed by atoms with Crippen LogP contribution in [0.3, 0.4) is 0 Å². The normalized spacial score (nSPS) is 16.8. The first-order chi connectivity index (χ1) is 9.58. The van der Waals surface area contributed by atoms with Gasteiger partial charge in [-0.3, -0.25) is 9.59 Å². The summed E-state index contributed by atoms with van der Waals surface area (Å²) in [7, 11) is 0. The number of ketones is 1. The molecule has 108 valence electrons. The SMILES string of the molecule is CC(=O)c1cccc(SC(C)C(=O)N2CCOCC2)c1. The van der Waals surface area contributed by atoms with Crippen LogP contribution >= 0.6 is 11.8 Å². The summed E-state index contributed by atoms with van der Waals surface area (Å²) in [5, 5.41) is -0.157. The Morgan fingerprint density at radius 1 is 1.30 bits per heavy atom. The predicted octanol–water partition coefficient (Wildman–Crippen LogP) is 2.23. The zero-order chi connectivity index (χ0) is 14.5. The van der Waals surface area contributed by atoms with Crippen molar-refractivity contribution in [2.75, 3.05) is 26.3 Å². The molecule has 1 unspecified atom stereocenters. The van der Waals surface area contributed by atoms with Crippen molar-refractivity contribution < 1.29 is 14.3 Å². The number of ether oxygens (including phenoxy) is 1. The molecular weight excluding hydrogens is 274 g/mol. The molecule has 1 heterocycles. The highest BCUT2D eigenvalue weighted by atomic mass is 32.2. The monoisotopic (exact) mass is 293 g/mol. The van der Waals surface area contributed by atoms with Crippen molar-refractivity contribution in [2.24, 2.45) is 0 Å². The quantitative estimate of drug-likeness (QED) is 0.631. The van der Waals surface area contributed by atoms with E-state index in [1.165, 1.54) is 11.8 Å². The molecule has 0 saturated carbocycles. The van der Waals surface area contributed by atoms with Crippen LogP contribution in [0.5, 0.6) is 0 Å². The number of benzene rings is 1. The van der Waals surface area contributed by atoms with Gasteiger partial charge in [-0.25, -0.2) is 0 Å². The van der Waals surface area contributed by atoms with E-state index in [4.69, 9.17) is 4.74 Å². The molecule has 20 heavy (non-hydrogen) atoms. The Hall–Kier alpha value is -1.33. The second-order valence-corrected chi connectivity index (χ2v) is 6.20. The number of morpholine rings is 1. The summed E-state index contributed by atoms with van der Waals surface area (Å²) < 4.78 is 5.25. The lowest BCUT2D eigenvalue weighted by Gasteiger charge is -2.29. The largest absolute Gasteiger partial charge is 0.378 e. The highest BCUT2D eigenvalue weighted by Gasteiger charge is 2.23. The molecule has 1 aliphatic rings. The van der Waals surface area contributed by atoms with Gasteiger partial charge in [-0.1, -0.05) is 12.1 Å². The highest BCUT2D eigenvalue weighted by molar-refractivity contribution is 8.00. The van der Waals surface area contributed by atoms with Crippen molar-refractivity contribution in [3.63, 3.8) is 0 Å². The Bertz CT molecular complexity index is 498. The minimum Gasteiger partial charge on any atom is -0.378 e. The van der Waals surface area contributed by atoms with Gasteiger partial charge in [0.15, 0.2) is 5.78 Å². The predicted molar refractivity (Wildman–Crippen MR) is 79.2 cm³/mol. The lowest BCUT2D eigenvalue weighted by Crippen LogP contribution is -2.44. The molecular formula is C15H19NO3S. The minimum absolute atomic E-state index is 0.0413. The first-order valence-electron chi connectivity index (χ1n) is 6.72. The summed E-state index contributed by atoms with van der Waals surface area (Å²) in [5.41, 5.74) is 0.682. The third-order valence-corrected chi connectivity index (χ3v) is 4.31. The Morgan fingerprint density at radius 2 is 2.00 bits per heavy atom. The molecule has 5 heteroatoms. The van der Waals surface area contributed by atoms with Crippen LogP contribution in [0.4, 0.5) is 0 Å². The van der Waals surface area contributed by atoms with E-state index in [0.717, 1.165) is 4.90 Å². The first kappa shape index (κ1) is 15.1. The van der Waals surface area contributed by atoms with Crippen molar-refractivity contribution in [3.8, 4) is 0 Å². The second-order valence-electron chi connectivity index (χ2n) is 4.78. The van der Waals surface area contributed by atoms with Gasteiger partial charge < -0.3 is 9.64 Å². The van der Waals surface area contributed by atoms with Gasteiger partial charge in [-0.2, -0.15) is 0 Å². The van der Waals surface area contributed by atoms with Gasteiger partial charge >= 0.3 is 0 Å². The average molecular weight is 293 g/mol. The summed E-state index contributed by atoms with van der Waals surface area (Å²) in [5.74, 6) is 0.172. The lowest BCUT2D eigenvalue weighted by atomic mass is 10.2. The molecule has 4 nitrogen and oxygen atoms in total. The lowest BCUT2D eigenvalue weighted by molar-refractivity contribution is -0.134. The average Bonchev–Trinajstić information content (AvgIpc) is 2.47. The van der Waals surface area contributed by atoms with Gasteiger partial charge in [-0.15, -0.1) is 11.8 Å². The molecule has 1 fully saturated rings. The van der Waals surface area contributed by atoms with Crippen molar-refractivity contribution in [3.05, 3.63) is 29.8 Å². The molecule has 1 atom stereocenters. The van der Waals surface area contributed by atoms with E-state index < -0.39 is 0 Å². The molecule has 1 amide bonds. The number of hydrogen-bond acceptors (Lipinski definition) is 4. The van der Waals surface area contributed by atoms with Gasteiger partial charge in [0, 0.05) is 23.5 Å². The Balaban J connectivity index is 1.99. The number of rotatable bonds is 4. The van der Waals surface area contributed by atoms with Crippen molar-refractivity contribution in [1.82, 2.24) is 4.90 Å². The third kappa shape index (κ3) is 3.84. The minimum atomic E-state index is -0.157. The van der Waals surface area contributed by atoms with Gasteiger partial charge in [0.05, 0.1) is 18.5 Å². The van der Waals surface area contributed by atoms with E-state index >= 15 is 0 Å². The molecule has 0 aliphatic carbocycles. The summed E-state index contributed by atoms with van der Waals surface area (Å²) in [6, 6.07) is 7.42. The fourth-order valence-corrected chi connectivity index (χ4v) is 3.09. The summed E-state index contributed by atoms with van der Waals surface area (Å²) in [6.07, 6.45) is 0. The molecule has 0 spiro atoms. The van der Waals surface area contributed by atoms with E-state index in [2.05, 4.69) is 0 Å². The summed E-state index contributed by atoms with van der Waals surface area (Å²) in [6.45, 7) is 6.01. The van der Waals surface area contributed by atoms with E-state index in [1.54, 1.807) is 13.0 Å². The number of hydrogen-bond donors (Lipinski definition) is 0. The maximum atomic E-state index is 12.3. The van der Waals surface area contributed by atoms with Crippen LogP contribution in [0.1, 0.15) is 24.2 Å². The van der Waals surface area contributed by atoms with Crippen LogP contribution in [-0.4, -0.2) is 48.1 Å². The maximum absolute atomic E-state index is 12.3. The van der Waals surface area contributed by atoms with E-state index in [-0.39, 0.29) is 16.9 Å². The molecule has 2 rings (SSSR count). The number of carbonyl (C=O) groups excluding carboxylic acids is 2. The summed E-state index contributed by atoms with van der Waals surface area (Å²) in [4.78, 5) is 26.5. The van der Waals surface area contributed by atoms with Crippen LogP contribution in [0, 0.1) is 0 Å². The molecule has 1 saturated heterocycles. The number of carbonyl (C=O) groups is 2. The Labute approximate surface area is 123 Å². The topological polar surface area (TPSA) is 46.6 Å². The van der Waals surface area contributed by atoms with Gasteiger partial charge in [0.25, 0.3) is 0 Å². The number of Topliss-reactive ketones (excluding diaryl/α,β-unsaturated/α-hetero) is 1. The van der Waals surface area contributed by atoms with Gasteiger partial charge in [0.2, 0.25) is 5.91 Å². The highest BCUT2D eigenvalue weighted by Crippen LogP contribution is 2.25. The third-order valence-electron chi connectivity index (χ3n) is 3.22. The molecule has 1 aromatic carbocycles. The van der Waals surface area contributed by atoms with E-state index in [0.29, 0.717) is 31.9 Å². The van der Waals surface area contributed by atoms with Gasteiger partial charge in [0.1, 0.15) is 0 Å². The fourth-order valence-electron chi connectivity index (χ4n) is 2.08. The van der Waals surface area contributed by atoms with Crippen molar-refractivity contribution in [2.45, 2.75) is 24.0 Å². The van der Waals surface area contributed by atoms with Gasteiger partial charge in [-0.05, 0) is 26.0 Å². The van der Waals surface area contributed by atoms with Crippen LogP contribution in [0.15, 0.2) is 29.2 Å². The molecule has 1 aliphatic heterocycles. The molecule has 0 aromatic heterocycles. The Kier molecular flexibility index (Phi) is 5.20. The molecule has 1 aromatic rings. The molecule has 0 N–H and O–H groups in total. The fraction of sp³-hybridized carbons (Fsp3) is 0.467. The van der Waals surface area contributed by atoms with E-state index in [1.807, 2.05) is 30.0 Å². The van der Waals surface area contributed by atoms with Crippen molar-refractivity contribution in [1.29, 1.82) is 0 Å². The number of amides is 1. The van der Waals surface area contributed by atoms with E-state index in [9.17, 15) is 9.59 Å². The van der Waals surface area contributed by atoms with Crippen molar-refractivity contribution >= 4 is 23.5 Å². The second kappa shape index (κ2) is 6.90. The summed E-state index contributed by atoms with van der Waals surface area (Å²) >= 11 is 1.49. The maximum Gasteiger partial charge on any atom is 0.235 e. The number of nitrogens with zero attached hydrogens (tertiary/aromatic N) is 1. The number of thioether (sulfide) groups is 1. The Morgan fingerprint density at radius 3 is 2.65 bits per heavy atom. The zero-order valence-corrected chi connectivity index (χ0v) is 12.6. The van der Waals surface area contributed by atoms with Crippen LogP contribution < -0.4 is 0 Å². The van der Waals surface area contributed by atoms with Crippen LogP contribution in [0.25, 0.3) is 0 Å². The standard InChI is InChI=1S/C15H19NO3S/c1-11(17)13-4-3-5-14(10-13)20-12(2)15(18)16-6-8-19-9-7-16/h3-5,10,12H,6-9H2,1-2H3. The smallest absolute Gasteiger partial charge is 0.235 e. The van der Waals surface area contributed by atoms with Crippen LogP contribution in [-0.2, 0) is 9.53 Å². The molecule has 0 bridgehead atoms. The first-order valence-corrected chi connectivity index (χ1v) is 7.60.